The van der Waals surface area contributed by atoms with Crippen molar-refractivity contribution >= 4 is 5.78 Å². The van der Waals surface area contributed by atoms with Crippen LogP contribution in [0.5, 0.6) is 0 Å². The molecule has 0 unspecified atom stereocenters. The summed E-state index contributed by atoms with van der Waals surface area (Å²) in [6.07, 6.45) is 38.3. The summed E-state index contributed by atoms with van der Waals surface area (Å²) < 4.78 is 16.3. The maximum atomic E-state index is 16.3. The van der Waals surface area contributed by atoms with E-state index in [0.29, 0.717) is 5.78 Å². The molecule has 254 valence electrons. The average molecular weight is 613 g/mol. The van der Waals surface area contributed by atoms with Gasteiger partial charge >= 0.3 is 0 Å². The molecule has 0 aromatic carbocycles. The quantitative estimate of drug-likeness (QED) is 0.158. The van der Waals surface area contributed by atoms with Crippen LogP contribution >= 0.6 is 0 Å². The molecule has 1 atom stereocenters. The molecule has 0 aromatic rings. The van der Waals surface area contributed by atoms with Crippen LogP contribution < -0.4 is 0 Å². The van der Waals surface area contributed by atoms with Gasteiger partial charge in [0.15, 0.2) is 5.78 Å². The van der Waals surface area contributed by atoms with Crippen LogP contribution in [0.3, 0.4) is 0 Å². The van der Waals surface area contributed by atoms with E-state index in [0.717, 1.165) is 86.9 Å². The summed E-state index contributed by atoms with van der Waals surface area (Å²) >= 11 is 0. The van der Waals surface area contributed by atoms with E-state index in [-0.39, 0.29) is 0 Å². The molecule has 2 heteroatoms. The fourth-order valence-corrected chi connectivity index (χ4v) is 11.7. The van der Waals surface area contributed by atoms with E-state index in [1.807, 2.05) is 0 Å². The standard InChI is InChI=1S/C42H73FO/c1-3-5-7-9-10-11-12-14-16-34-19-23-36(24-20-34)38-27-31-42(32-28-38)39(43)41(40(42)44)29-25-37(26-30-41)35-21-17-33(18-22-35)15-13-8-6-4-2/h33-39H,3-32H2,1-2H3/t33?,34?,35?,36?,37?,38?,39-,41?,42?/m1/s1. The fraction of sp³-hybridized carbons (Fsp3) is 0.976. The SMILES string of the molecule is CCCCCCCCCCC1CCC(C2CCC3(CC2)C(=O)C2(CCC(C4CCC(CCCCCC)CC4)CC2)[C@H]3F)CC1. The van der Waals surface area contributed by atoms with E-state index in [4.69, 9.17) is 0 Å². The van der Waals surface area contributed by atoms with E-state index in [1.165, 1.54) is 141 Å². The lowest BCUT2D eigenvalue weighted by molar-refractivity contribution is -0.194. The van der Waals surface area contributed by atoms with Gasteiger partial charge in [0.25, 0.3) is 0 Å². The van der Waals surface area contributed by atoms with Crippen molar-refractivity contribution in [2.75, 3.05) is 0 Å². The summed E-state index contributed by atoms with van der Waals surface area (Å²) in [5.41, 5.74) is -1.15. The predicted octanol–water partition coefficient (Wildman–Crippen LogP) is 13.4. The summed E-state index contributed by atoms with van der Waals surface area (Å²) in [4.78, 5) is 13.9. The maximum Gasteiger partial charge on any atom is 0.151 e. The number of hydrogen-bond acceptors (Lipinski definition) is 1. The van der Waals surface area contributed by atoms with E-state index >= 15 is 4.39 Å². The molecule has 5 aliphatic carbocycles. The Bertz CT molecular complexity index is 817. The van der Waals surface area contributed by atoms with Crippen molar-refractivity contribution in [1.82, 2.24) is 0 Å². The second kappa shape index (κ2) is 17.1. The van der Waals surface area contributed by atoms with Gasteiger partial charge < -0.3 is 0 Å². The number of unbranched alkanes of at least 4 members (excludes halogenated alkanes) is 10. The molecule has 2 spiro atoms. The van der Waals surface area contributed by atoms with Crippen LogP contribution in [0, 0.1) is 46.3 Å². The number of hydrogen-bond donors (Lipinski definition) is 0. The number of Topliss-reactive ketones (excluding diaryl/α,β-unsaturated/α-hetero) is 1. The minimum atomic E-state index is -0.842. The second-order valence-electron chi connectivity index (χ2n) is 17.4. The fourth-order valence-electron chi connectivity index (χ4n) is 11.7. The minimum Gasteiger partial charge on any atom is -0.298 e. The second-order valence-corrected chi connectivity index (χ2v) is 17.4. The summed E-state index contributed by atoms with van der Waals surface area (Å²) in [5, 5.41) is 0. The first-order chi connectivity index (χ1) is 21.5. The van der Waals surface area contributed by atoms with Gasteiger partial charge in [-0.2, -0.15) is 0 Å². The average Bonchev–Trinajstić information content (AvgIpc) is 3.08. The lowest BCUT2D eigenvalue weighted by Gasteiger charge is -2.62. The van der Waals surface area contributed by atoms with Crippen LogP contribution in [0.25, 0.3) is 0 Å². The zero-order valence-corrected chi connectivity index (χ0v) is 29.5. The van der Waals surface area contributed by atoms with Crippen molar-refractivity contribution in [3.63, 3.8) is 0 Å². The summed E-state index contributed by atoms with van der Waals surface area (Å²) in [6.45, 7) is 4.60. The van der Waals surface area contributed by atoms with Crippen LogP contribution in [-0.4, -0.2) is 12.0 Å². The lowest BCUT2D eigenvalue weighted by atomic mass is 9.41. The van der Waals surface area contributed by atoms with Crippen molar-refractivity contribution in [3.05, 3.63) is 0 Å². The van der Waals surface area contributed by atoms with Gasteiger partial charge in [-0.05, 0) is 113 Å². The van der Waals surface area contributed by atoms with Crippen LogP contribution in [-0.2, 0) is 4.79 Å². The third-order valence-corrected chi connectivity index (χ3v) is 14.8. The highest BCUT2D eigenvalue weighted by Gasteiger charge is 2.71. The molecule has 44 heavy (non-hydrogen) atoms. The largest absolute Gasteiger partial charge is 0.298 e. The molecule has 0 aromatic heterocycles. The molecular formula is C42H73FO. The molecule has 0 saturated heterocycles. The molecule has 0 radical (unpaired) electrons. The molecule has 5 saturated carbocycles. The first kappa shape index (κ1) is 34.9. The predicted molar refractivity (Wildman–Crippen MR) is 186 cm³/mol. The van der Waals surface area contributed by atoms with Gasteiger partial charge in [0, 0.05) is 0 Å². The first-order valence-corrected chi connectivity index (χ1v) is 20.7. The molecule has 1 nitrogen and oxygen atoms in total. The van der Waals surface area contributed by atoms with Crippen molar-refractivity contribution in [2.24, 2.45) is 46.3 Å². The third kappa shape index (κ3) is 8.17. The number of carbonyl (C=O) groups excluding carboxylic acids is 1. The molecule has 0 heterocycles. The smallest absolute Gasteiger partial charge is 0.151 e. The number of ketones is 1. The highest BCUT2D eigenvalue weighted by Crippen LogP contribution is 2.66. The molecule has 5 aliphatic rings. The zero-order valence-electron chi connectivity index (χ0n) is 29.5. The van der Waals surface area contributed by atoms with E-state index in [1.54, 1.807) is 0 Å². The Morgan fingerprint density at radius 3 is 1.16 bits per heavy atom. The van der Waals surface area contributed by atoms with Gasteiger partial charge in [-0.1, -0.05) is 129 Å². The van der Waals surface area contributed by atoms with Crippen LogP contribution in [0.15, 0.2) is 0 Å². The minimum absolute atomic E-state index is 0.388. The Morgan fingerprint density at radius 2 is 0.795 bits per heavy atom. The van der Waals surface area contributed by atoms with Gasteiger partial charge in [-0.3, -0.25) is 4.79 Å². The molecule has 5 rings (SSSR count). The monoisotopic (exact) mass is 613 g/mol. The molecule has 0 N–H and O–H groups in total. The Kier molecular flexibility index (Phi) is 13.6. The van der Waals surface area contributed by atoms with Crippen molar-refractivity contribution in [2.45, 2.75) is 213 Å². The molecule has 5 fully saturated rings. The normalized spacial score (nSPS) is 39.5. The summed E-state index contributed by atoms with van der Waals surface area (Å²) in [5.74, 6) is 5.55. The highest BCUT2D eigenvalue weighted by atomic mass is 19.1. The number of alkyl halides is 1. The summed E-state index contributed by atoms with van der Waals surface area (Å²) in [7, 11) is 0. The Balaban J connectivity index is 0.964. The number of rotatable bonds is 16. The molecule has 0 aliphatic heterocycles. The first-order valence-electron chi connectivity index (χ1n) is 20.7. The van der Waals surface area contributed by atoms with Gasteiger partial charge in [0.2, 0.25) is 0 Å². The number of carbonyl (C=O) groups is 1. The maximum absolute atomic E-state index is 16.3. The molecular weight excluding hydrogens is 539 g/mol. The summed E-state index contributed by atoms with van der Waals surface area (Å²) in [6, 6.07) is 0. The Labute approximate surface area is 273 Å². The van der Waals surface area contributed by atoms with E-state index < -0.39 is 17.0 Å². The number of halogens is 1. The highest BCUT2D eigenvalue weighted by molar-refractivity contribution is 5.98. The van der Waals surface area contributed by atoms with Crippen LogP contribution in [0.4, 0.5) is 4.39 Å². The van der Waals surface area contributed by atoms with E-state index in [2.05, 4.69) is 13.8 Å². The van der Waals surface area contributed by atoms with Crippen LogP contribution in [0.2, 0.25) is 0 Å². The Morgan fingerprint density at radius 1 is 0.477 bits per heavy atom. The van der Waals surface area contributed by atoms with Gasteiger partial charge in [-0.25, -0.2) is 4.39 Å². The van der Waals surface area contributed by atoms with Crippen molar-refractivity contribution < 1.29 is 9.18 Å². The van der Waals surface area contributed by atoms with Gasteiger partial charge in [0.1, 0.15) is 6.17 Å². The van der Waals surface area contributed by atoms with Gasteiger partial charge in [-0.15, -0.1) is 0 Å². The molecule has 0 amide bonds. The van der Waals surface area contributed by atoms with Crippen LogP contribution in [0.1, 0.15) is 206 Å². The Hall–Kier alpha value is -0.400. The van der Waals surface area contributed by atoms with Crippen molar-refractivity contribution in [1.29, 1.82) is 0 Å². The van der Waals surface area contributed by atoms with Crippen molar-refractivity contribution in [3.8, 4) is 0 Å². The lowest BCUT2D eigenvalue weighted by Crippen LogP contribution is -2.69. The topological polar surface area (TPSA) is 17.1 Å². The zero-order chi connectivity index (χ0) is 30.8. The molecule has 0 bridgehead atoms. The van der Waals surface area contributed by atoms with Gasteiger partial charge in [0.05, 0.1) is 10.8 Å². The third-order valence-electron chi connectivity index (χ3n) is 14.8. The van der Waals surface area contributed by atoms with E-state index in [9.17, 15) is 4.79 Å².